The normalized spacial score (nSPS) is 17.9. The summed E-state index contributed by atoms with van der Waals surface area (Å²) in [5, 5.41) is 10.1. The number of methoxy groups -OCH3 is 1. The zero-order chi connectivity index (χ0) is 43.1. The molecule has 1 aromatic rings. The maximum atomic E-state index is 12.0. The second-order valence-electron chi connectivity index (χ2n) is 15.4. The van der Waals surface area contributed by atoms with Gasteiger partial charge in [0.15, 0.2) is 6.54 Å². The van der Waals surface area contributed by atoms with E-state index in [1.54, 1.807) is 49.3 Å². The minimum absolute atomic E-state index is 0.0491. The summed E-state index contributed by atoms with van der Waals surface area (Å²) in [4.78, 5) is 12.8. The number of carboxylic acids is 1. The summed E-state index contributed by atoms with van der Waals surface area (Å²) >= 11 is 0. The highest BCUT2D eigenvalue weighted by Gasteiger charge is 2.43. The van der Waals surface area contributed by atoms with E-state index < -0.39 is 58.1 Å². The van der Waals surface area contributed by atoms with Gasteiger partial charge in [-0.25, -0.2) is 29.8 Å². The Bertz CT molecular complexity index is 2440. The number of benzene rings is 2. The third-order valence-corrected chi connectivity index (χ3v) is 12.3. The molecule has 4 rings (SSSR count). The smallest absolute Gasteiger partial charge is 0.303 e. The molecular weight excluding hydrogens is 813 g/mol. The van der Waals surface area contributed by atoms with Crippen LogP contribution in [0.2, 0.25) is 0 Å². The number of anilines is 1. The van der Waals surface area contributed by atoms with Crippen molar-refractivity contribution < 1.29 is 58.0 Å². The van der Waals surface area contributed by atoms with Crippen molar-refractivity contribution in [3.05, 3.63) is 94.7 Å². The fourth-order valence-electron chi connectivity index (χ4n) is 7.14. The average molecular weight is 863 g/mol. The Kier molecular flexibility index (Phi) is 15.1. The first-order chi connectivity index (χ1) is 26.9. The number of aliphatic carboxylic acids is 1. The second kappa shape index (κ2) is 18.8. The molecule has 0 amide bonds. The first kappa shape index (κ1) is 46.5. The molecule has 2 heterocycles. The number of fused-ring (bicyclic) bond motifs is 2. The fraction of sp³-hybridized carbons (Fsp3) is 0.450. The highest BCUT2D eigenvalue weighted by atomic mass is 32.2. The molecule has 318 valence electrons. The molecule has 58 heavy (non-hydrogen) atoms. The molecule has 1 aromatic carbocycles. The molecule has 0 saturated heterocycles. The van der Waals surface area contributed by atoms with E-state index in [9.17, 15) is 48.8 Å². The van der Waals surface area contributed by atoms with Gasteiger partial charge in [-0.05, 0) is 85.2 Å². The van der Waals surface area contributed by atoms with Crippen LogP contribution in [0.4, 0.5) is 5.69 Å². The zero-order valence-electron chi connectivity index (χ0n) is 33.2. The highest BCUT2D eigenvalue weighted by molar-refractivity contribution is 7.86. The fourth-order valence-corrected chi connectivity index (χ4v) is 8.60. The van der Waals surface area contributed by atoms with Crippen LogP contribution in [0, 0.1) is 0 Å². The lowest BCUT2D eigenvalue weighted by Gasteiger charge is -2.30. The van der Waals surface area contributed by atoms with Crippen LogP contribution in [-0.4, -0.2) is 94.8 Å². The summed E-state index contributed by atoms with van der Waals surface area (Å²) in [6, 6.07) is 11.6. The summed E-state index contributed by atoms with van der Waals surface area (Å²) < 4.78 is 118. The van der Waals surface area contributed by atoms with Gasteiger partial charge in [0.1, 0.15) is 34.8 Å². The first-order valence-corrected chi connectivity index (χ1v) is 23.2. The van der Waals surface area contributed by atoms with Crippen LogP contribution >= 0.6 is 0 Å². The molecular formula is C40H50N2O13S3-2. The van der Waals surface area contributed by atoms with Gasteiger partial charge in [-0.1, -0.05) is 39.0 Å². The van der Waals surface area contributed by atoms with E-state index in [1.165, 1.54) is 18.2 Å². The van der Waals surface area contributed by atoms with Crippen molar-refractivity contribution in [1.29, 1.82) is 0 Å². The number of carbonyl (C=O) groups is 1. The van der Waals surface area contributed by atoms with Crippen LogP contribution in [0.25, 0.3) is 17.4 Å². The van der Waals surface area contributed by atoms with E-state index in [2.05, 4.69) is 20.8 Å². The van der Waals surface area contributed by atoms with E-state index in [-0.39, 0.29) is 44.1 Å². The molecule has 2 aliphatic heterocycles. The summed E-state index contributed by atoms with van der Waals surface area (Å²) in [6.07, 6.45) is 9.06. The predicted octanol–water partition coefficient (Wildman–Crippen LogP) is 4.36. The molecule has 0 spiro atoms. The SMILES string of the molecule is COCC[N+](CCCS(=O)(=O)[O-])=c1ccc2c(C(C)(C)C)cc(/C=C/C=C/C=C3/N(CCCS(=O)(=O)[O-])c4ccc(S(=O)(=O)[O-])cc4C3(C)CCCC(=O)O)oc-2c1. The second-order valence-corrected chi connectivity index (χ2v) is 19.8. The van der Waals surface area contributed by atoms with Crippen LogP contribution in [0.1, 0.15) is 76.7 Å². The van der Waals surface area contributed by atoms with Crippen LogP contribution < -0.4 is 14.8 Å². The van der Waals surface area contributed by atoms with E-state index >= 15 is 0 Å². The maximum Gasteiger partial charge on any atom is 0.303 e. The predicted molar refractivity (Wildman–Crippen MR) is 216 cm³/mol. The third kappa shape index (κ3) is 12.7. The minimum Gasteiger partial charge on any atom is -0.748 e. The molecule has 0 fully saturated rings. The molecule has 1 atom stereocenters. The molecule has 3 aliphatic rings. The number of ether oxygens (including phenoxy) is 1. The Labute approximate surface area is 340 Å². The highest BCUT2D eigenvalue weighted by Crippen LogP contribution is 2.51. The molecule has 1 unspecified atom stereocenters. The van der Waals surface area contributed by atoms with Crippen LogP contribution in [0.15, 0.2) is 81.8 Å². The maximum absolute atomic E-state index is 12.0. The Morgan fingerprint density at radius 2 is 1.60 bits per heavy atom. The van der Waals surface area contributed by atoms with Gasteiger partial charge in [0.25, 0.3) is 0 Å². The zero-order valence-corrected chi connectivity index (χ0v) is 35.6. The van der Waals surface area contributed by atoms with Crippen LogP contribution in [0.5, 0.6) is 0 Å². The van der Waals surface area contributed by atoms with Crippen molar-refractivity contribution in [3.63, 3.8) is 0 Å². The summed E-state index contributed by atoms with van der Waals surface area (Å²) in [5.41, 5.74) is 2.14. The average Bonchev–Trinajstić information content (AvgIpc) is 3.33. The summed E-state index contributed by atoms with van der Waals surface area (Å²) in [5.74, 6) is -1.06. The molecule has 0 bridgehead atoms. The number of allylic oxidation sites excluding steroid dienone is 5. The number of nitrogens with zero attached hydrogens (tertiary/aromatic N) is 2. The molecule has 1 N–H and O–H groups in total. The number of hydrogen-bond acceptors (Lipinski definition) is 13. The molecule has 15 nitrogen and oxygen atoms in total. The summed E-state index contributed by atoms with van der Waals surface area (Å²) in [6.45, 7) is 9.21. The van der Waals surface area contributed by atoms with Gasteiger partial charge in [0.2, 0.25) is 5.36 Å². The van der Waals surface area contributed by atoms with Gasteiger partial charge in [0.05, 0.1) is 31.2 Å². The van der Waals surface area contributed by atoms with Gasteiger partial charge < -0.3 is 32.8 Å². The van der Waals surface area contributed by atoms with Gasteiger partial charge in [-0.15, -0.1) is 0 Å². The van der Waals surface area contributed by atoms with Crippen molar-refractivity contribution >= 4 is 48.1 Å². The monoisotopic (exact) mass is 862 g/mol. The summed E-state index contributed by atoms with van der Waals surface area (Å²) in [7, 11) is -12.2. The van der Waals surface area contributed by atoms with Gasteiger partial charge in [-0.2, -0.15) is 0 Å². The van der Waals surface area contributed by atoms with Crippen LogP contribution in [-0.2, 0) is 50.7 Å². The largest absolute Gasteiger partial charge is 0.748 e. The number of carboxylic acid groups (broad SMARTS) is 1. The lowest BCUT2D eigenvalue weighted by atomic mass is 9.77. The Morgan fingerprint density at radius 3 is 2.22 bits per heavy atom. The van der Waals surface area contributed by atoms with Crippen molar-refractivity contribution in [1.82, 2.24) is 4.58 Å². The van der Waals surface area contributed by atoms with E-state index in [0.717, 1.165) is 16.5 Å². The van der Waals surface area contributed by atoms with Gasteiger partial charge in [-0.3, -0.25) is 4.79 Å². The molecule has 18 heteroatoms. The lowest BCUT2D eigenvalue weighted by Crippen LogP contribution is -2.34. The topological polar surface area (TPSA) is 238 Å². The number of rotatable bonds is 19. The molecule has 0 aromatic heterocycles. The molecule has 0 radical (unpaired) electrons. The Morgan fingerprint density at radius 1 is 0.914 bits per heavy atom. The Hall–Kier alpha value is -4.17. The van der Waals surface area contributed by atoms with Crippen molar-refractivity contribution in [2.45, 2.75) is 75.5 Å². The first-order valence-electron chi connectivity index (χ1n) is 18.6. The molecule has 0 saturated carbocycles. The van der Waals surface area contributed by atoms with Crippen molar-refractivity contribution in [2.24, 2.45) is 0 Å². The van der Waals surface area contributed by atoms with E-state index in [4.69, 9.17) is 9.15 Å². The number of hydrogen-bond donors (Lipinski definition) is 1. The van der Waals surface area contributed by atoms with Gasteiger partial charge in [0, 0.05) is 66.4 Å². The van der Waals surface area contributed by atoms with Crippen LogP contribution in [0.3, 0.4) is 0 Å². The van der Waals surface area contributed by atoms with E-state index in [0.29, 0.717) is 48.2 Å². The van der Waals surface area contributed by atoms with Crippen molar-refractivity contribution in [2.75, 3.05) is 49.8 Å². The molecule has 1 aliphatic carbocycles. The Balaban J connectivity index is 1.78. The third-order valence-electron chi connectivity index (χ3n) is 9.91. The lowest BCUT2D eigenvalue weighted by molar-refractivity contribution is -0.137. The van der Waals surface area contributed by atoms with Gasteiger partial charge >= 0.3 is 5.97 Å². The van der Waals surface area contributed by atoms with Crippen molar-refractivity contribution in [3.8, 4) is 11.3 Å². The standard InChI is InChI=1S/C40H52N2O13S3/c1-39(2,3)33-27-30(55-36-26-29(15-17-32(33)36)41(22-23-54-5)20-10-24-56(45,46)47)12-7-6-8-13-37-40(4,19-9-14-38(43)44)34-28-31(58(51,52)53)16-18-35(34)42(37)21-11-25-57(48,49)50/h6-8,12-13,15-18,26-28H,9-11,14,19-25H2,1-5H3,(H3-,43,44,45,46,47,48,49,50,51,52,53)/p-2. The quantitative estimate of drug-likeness (QED) is 0.100. The minimum atomic E-state index is -4.85. The van der Waals surface area contributed by atoms with E-state index in [1.807, 2.05) is 28.8 Å².